The number of nitrogens with one attached hydrogen (secondary N) is 1. The van der Waals surface area contributed by atoms with Gasteiger partial charge in [0, 0.05) is 12.7 Å². The first kappa shape index (κ1) is 17.1. The van der Waals surface area contributed by atoms with Crippen molar-refractivity contribution in [1.82, 2.24) is 0 Å². The van der Waals surface area contributed by atoms with Crippen LogP contribution in [0.5, 0.6) is 0 Å². The number of rotatable bonds is 0. The highest BCUT2D eigenvalue weighted by atomic mass is 15.2. The lowest BCUT2D eigenvalue weighted by Crippen LogP contribution is -2.30. The van der Waals surface area contributed by atoms with Crippen molar-refractivity contribution >= 4 is 11.4 Å². The molecule has 114 valence electrons. The van der Waals surface area contributed by atoms with Crippen molar-refractivity contribution in [3.63, 3.8) is 0 Å². The summed E-state index contributed by atoms with van der Waals surface area (Å²) in [6.45, 7) is 13.4. The van der Waals surface area contributed by atoms with Crippen LogP contribution in [0.25, 0.3) is 0 Å². The van der Waals surface area contributed by atoms with Crippen LogP contribution in [0.3, 0.4) is 0 Å². The molecule has 0 amide bonds. The molecule has 0 bridgehead atoms. The molecule has 2 nitrogen and oxygen atoms in total. The summed E-state index contributed by atoms with van der Waals surface area (Å²) in [5.41, 5.74) is 4.84. The summed E-state index contributed by atoms with van der Waals surface area (Å²) in [6.07, 6.45) is 6.41. The fraction of sp³-hybridized carbons (Fsp3) is 0.368. The van der Waals surface area contributed by atoms with E-state index in [0.717, 1.165) is 17.8 Å². The fourth-order valence-electron chi connectivity index (χ4n) is 2.70. The largest absolute Gasteiger partial charge is 0.366 e. The van der Waals surface area contributed by atoms with Gasteiger partial charge in [-0.25, -0.2) is 0 Å². The first-order valence-corrected chi connectivity index (χ1v) is 7.74. The monoisotopic (exact) mass is 284 g/mol. The smallest absolute Gasteiger partial charge is 0.0622 e. The Bertz CT molecular complexity index is 514. The number of hydrogen-bond donors (Lipinski definition) is 1. The second kappa shape index (κ2) is 8.35. The van der Waals surface area contributed by atoms with Gasteiger partial charge in [-0.3, -0.25) is 0 Å². The summed E-state index contributed by atoms with van der Waals surface area (Å²) in [7, 11) is 2.17. The number of benzene rings is 1. The Morgan fingerprint density at radius 1 is 1.29 bits per heavy atom. The van der Waals surface area contributed by atoms with Crippen molar-refractivity contribution < 1.29 is 0 Å². The molecule has 0 spiro atoms. The standard InChI is InChI=1S/C14H16N2.C3H6.C2H6/c1-10-11-6-5-9-13(11)16(2)14-8-4-3-7-12(14)15-10;1-3-2;1-2/h3-4,6-8,13,15H,1,5,9H2,2H3;3H,1H2,2H3;1-2H3. The predicted molar refractivity (Wildman–Crippen MR) is 95.9 cm³/mol. The molecule has 1 aromatic rings. The van der Waals surface area contributed by atoms with Gasteiger partial charge in [0.15, 0.2) is 0 Å². The highest BCUT2D eigenvalue weighted by Crippen LogP contribution is 2.38. The van der Waals surface area contributed by atoms with E-state index < -0.39 is 0 Å². The summed E-state index contributed by atoms with van der Waals surface area (Å²) >= 11 is 0. The maximum atomic E-state index is 4.14. The molecule has 1 atom stereocenters. The van der Waals surface area contributed by atoms with E-state index in [-0.39, 0.29) is 0 Å². The highest BCUT2D eigenvalue weighted by molar-refractivity contribution is 5.76. The van der Waals surface area contributed by atoms with Crippen LogP contribution in [0.15, 0.2) is 60.8 Å². The predicted octanol–water partition coefficient (Wildman–Crippen LogP) is 5.37. The number of para-hydroxylation sites is 2. The minimum atomic E-state index is 0.489. The Morgan fingerprint density at radius 3 is 2.57 bits per heavy atom. The van der Waals surface area contributed by atoms with Crippen molar-refractivity contribution in [2.45, 2.75) is 39.7 Å². The fourth-order valence-corrected chi connectivity index (χ4v) is 2.70. The molecule has 0 aromatic heterocycles. The summed E-state index contributed by atoms with van der Waals surface area (Å²) in [5, 5.41) is 3.42. The SMILES string of the molecule is C=C1Nc2ccccc2N(C)C2CCC=C12.C=CC.CC. The van der Waals surface area contributed by atoms with Gasteiger partial charge in [0.25, 0.3) is 0 Å². The van der Waals surface area contributed by atoms with E-state index in [0.29, 0.717) is 6.04 Å². The molecule has 1 unspecified atom stereocenters. The molecule has 2 aliphatic rings. The van der Waals surface area contributed by atoms with Gasteiger partial charge in [-0.05, 0) is 37.5 Å². The van der Waals surface area contributed by atoms with E-state index in [4.69, 9.17) is 0 Å². The maximum Gasteiger partial charge on any atom is 0.0622 e. The zero-order valence-electron chi connectivity index (χ0n) is 13.8. The number of likely N-dealkylation sites (N-methyl/N-ethyl adjacent to an activating group) is 1. The molecule has 1 heterocycles. The number of hydrogen-bond acceptors (Lipinski definition) is 2. The molecule has 21 heavy (non-hydrogen) atoms. The number of nitrogens with zero attached hydrogens (tertiary/aromatic N) is 1. The molecule has 1 aliphatic carbocycles. The summed E-state index contributed by atoms with van der Waals surface area (Å²) in [6, 6.07) is 8.91. The lowest BCUT2D eigenvalue weighted by atomic mass is 10.1. The average molecular weight is 284 g/mol. The minimum Gasteiger partial charge on any atom is -0.366 e. The van der Waals surface area contributed by atoms with Crippen LogP contribution in [-0.2, 0) is 0 Å². The number of anilines is 2. The second-order valence-electron chi connectivity index (χ2n) is 4.89. The van der Waals surface area contributed by atoms with Gasteiger partial charge in [0.1, 0.15) is 0 Å². The van der Waals surface area contributed by atoms with Crippen LogP contribution in [0.4, 0.5) is 11.4 Å². The van der Waals surface area contributed by atoms with Crippen LogP contribution in [0.2, 0.25) is 0 Å². The van der Waals surface area contributed by atoms with Crippen molar-refractivity contribution in [3.05, 3.63) is 60.8 Å². The van der Waals surface area contributed by atoms with Gasteiger partial charge in [-0.15, -0.1) is 6.58 Å². The van der Waals surface area contributed by atoms with E-state index >= 15 is 0 Å². The molecule has 3 rings (SSSR count). The molecule has 1 N–H and O–H groups in total. The van der Waals surface area contributed by atoms with E-state index in [1.807, 2.05) is 20.8 Å². The van der Waals surface area contributed by atoms with Crippen LogP contribution in [0.1, 0.15) is 33.6 Å². The maximum absolute atomic E-state index is 4.14. The first-order valence-electron chi connectivity index (χ1n) is 7.74. The van der Waals surface area contributed by atoms with Crippen LogP contribution in [-0.4, -0.2) is 13.1 Å². The van der Waals surface area contributed by atoms with Crippen molar-refractivity contribution in [2.75, 3.05) is 17.3 Å². The highest BCUT2D eigenvalue weighted by Gasteiger charge is 2.29. The number of fused-ring (bicyclic) bond motifs is 2. The molecule has 0 fully saturated rings. The van der Waals surface area contributed by atoms with Gasteiger partial charge in [0.05, 0.1) is 17.4 Å². The summed E-state index contributed by atoms with van der Waals surface area (Å²) in [4.78, 5) is 2.36. The molecule has 0 radical (unpaired) electrons. The van der Waals surface area contributed by atoms with E-state index in [9.17, 15) is 0 Å². The van der Waals surface area contributed by atoms with Gasteiger partial charge in [0.2, 0.25) is 0 Å². The van der Waals surface area contributed by atoms with Crippen LogP contribution < -0.4 is 10.2 Å². The summed E-state index contributed by atoms with van der Waals surface area (Å²) < 4.78 is 0. The Kier molecular flexibility index (Phi) is 6.80. The van der Waals surface area contributed by atoms with Crippen molar-refractivity contribution in [2.24, 2.45) is 0 Å². The zero-order chi connectivity index (χ0) is 15.8. The topological polar surface area (TPSA) is 15.3 Å². The third-order valence-electron chi connectivity index (χ3n) is 3.55. The lowest BCUT2D eigenvalue weighted by Gasteiger charge is -2.27. The zero-order valence-corrected chi connectivity index (χ0v) is 13.8. The minimum absolute atomic E-state index is 0.489. The summed E-state index contributed by atoms with van der Waals surface area (Å²) in [5.74, 6) is 0. The molecule has 2 heteroatoms. The molecule has 1 aromatic carbocycles. The lowest BCUT2D eigenvalue weighted by molar-refractivity contribution is 0.709. The normalized spacial score (nSPS) is 18.5. The molecular weight excluding hydrogens is 256 g/mol. The van der Waals surface area contributed by atoms with Gasteiger partial charge >= 0.3 is 0 Å². The van der Waals surface area contributed by atoms with Crippen molar-refractivity contribution in [1.29, 1.82) is 0 Å². The Labute approximate surface area is 129 Å². The van der Waals surface area contributed by atoms with Crippen LogP contribution >= 0.6 is 0 Å². The molecular formula is C19H28N2. The van der Waals surface area contributed by atoms with Gasteiger partial charge < -0.3 is 10.2 Å². The Morgan fingerprint density at radius 2 is 1.90 bits per heavy atom. The number of allylic oxidation sites excluding steroid dienone is 2. The van der Waals surface area contributed by atoms with Gasteiger partial charge in [-0.1, -0.05) is 44.7 Å². The average Bonchev–Trinajstić information content (AvgIpc) is 2.96. The third kappa shape index (κ3) is 3.78. The van der Waals surface area contributed by atoms with E-state index in [1.54, 1.807) is 6.08 Å². The second-order valence-corrected chi connectivity index (χ2v) is 4.89. The van der Waals surface area contributed by atoms with Crippen LogP contribution in [0, 0.1) is 0 Å². The Balaban J connectivity index is 0.000000395. The molecule has 0 saturated carbocycles. The Hall–Kier alpha value is -1.96. The molecule has 0 saturated heterocycles. The van der Waals surface area contributed by atoms with Crippen molar-refractivity contribution in [3.8, 4) is 0 Å². The van der Waals surface area contributed by atoms with E-state index in [1.165, 1.54) is 17.7 Å². The van der Waals surface area contributed by atoms with E-state index in [2.05, 4.69) is 60.8 Å². The third-order valence-corrected chi connectivity index (χ3v) is 3.55. The van der Waals surface area contributed by atoms with Gasteiger partial charge in [-0.2, -0.15) is 0 Å². The first-order chi connectivity index (χ1) is 10.2. The quantitative estimate of drug-likeness (QED) is 0.644. The molecule has 1 aliphatic heterocycles.